The summed E-state index contributed by atoms with van der Waals surface area (Å²) in [5.41, 5.74) is 6.68. The van der Waals surface area contributed by atoms with Crippen molar-refractivity contribution in [2.45, 2.75) is 26.8 Å². The van der Waals surface area contributed by atoms with Gasteiger partial charge in [-0.25, -0.2) is 4.39 Å². The maximum Gasteiger partial charge on any atom is 0.127 e. The molecule has 0 fully saturated rings. The van der Waals surface area contributed by atoms with Crippen molar-refractivity contribution >= 4 is 0 Å². The van der Waals surface area contributed by atoms with Crippen LogP contribution in [-0.2, 0) is 0 Å². The van der Waals surface area contributed by atoms with Gasteiger partial charge in [-0.2, -0.15) is 0 Å². The van der Waals surface area contributed by atoms with Gasteiger partial charge in [0.1, 0.15) is 18.2 Å². The lowest BCUT2D eigenvalue weighted by Gasteiger charge is -2.19. The minimum Gasteiger partial charge on any atom is -0.492 e. The minimum atomic E-state index is -0.294. The van der Waals surface area contributed by atoms with Crippen LogP contribution < -0.4 is 10.5 Å². The second kappa shape index (κ2) is 7.34. The van der Waals surface area contributed by atoms with Gasteiger partial charge in [-0.3, -0.25) is 0 Å². The first-order chi connectivity index (χ1) is 8.58. The van der Waals surface area contributed by atoms with Crippen molar-refractivity contribution in [2.24, 2.45) is 5.73 Å². The Morgan fingerprint density at radius 2 is 2.00 bits per heavy atom. The van der Waals surface area contributed by atoms with Gasteiger partial charge < -0.3 is 15.4 Å². The smallest absolute Gasteiger partial charge is 0.127 e. The summed E-state index contributed by atoms with van der Waals surface area (Å²) in [5, 5.41) is 0. The molecule has 1 rings (SSSR count). The Morgan fingerprint density at radius 3 is 2.56 bits per heavy atom. The molecule has 0 aliphatic carbocycles. The number of nitrogens with two attached hydrogens (primary N) is 1. The third kappa shape index (κ3) is 4.27. The Hall–Kier alpha value is -1.13. The third-order valence-corrected chi connectivity index (χ3v) is 3.03. The summed E-state index contributed by atoms with van der Waals surface area (Å²) in [5.74, 6) is 0.259. The summed E-state index contributed by atoms with van der Waals surface area (Å²) in [6.45, 7) is 9.45. The van der Waals surface area contributed by atoms with Crippen LogP contribution in [0.25, 0.3) is 0 Å². The molecule has 0 radical (unpaired) electrons. The van der Waals surface area contributed by atoms with E-state index in [9.17, 15) is 4.39 Å². The lowest BCUT2D eigenvalue weighted by Crippen LogP contribution is -2.28. The first-order valence-electron chi connectivity index (χ1n) is 6.48. The molecule has 18 heavy (non-hydrogen) atoms. The predicted octanol–water partition coefficient (Wildman–Crippen LogP) is 2.57. The second-order valence-electron chi connectivity index (χ2n) is 4.35. The van der Waals surface area contributed by atoms with Crippen LogP contribution in [0, 0.1) is 5.82 Å². The van der Waals surface area contributed by atoms with Crippen molar-refractivity contribution in [1.82, 2.24) is 4.90 Å². The molecule has 0 aliphatic heterocycles. The van der Waals surface area contributed by atoms with Crippen LogP contribution in [-0.4, -0.2) is 31.1 Å². The van der Waals surface area contributed by atoms with Crippen molar-refractivity contribution < 1.29 is 9.13 Å². The Balaban J connectivity index is 2.63. The molecule has 2 N–H and O–H groups in total. The van der Waals surface area contributed by atoms with E-state index in [1.165, 1.54) is 12.1 Å². The molecule has 1 aromatic carbocycles. The molecule has 0 bridgehead atoms. The monoisotopic (exact) mass is 254 g/mol. The highest BCUT2D eigenvalue weighted by Gasteiger charge is 2.09. The number of hydrogen-bond donors (Lipinski definition) is 1. The van der Waals surface area contributed by atoms with Crippen molar-refractivity contribution in [3.05, 3.63) is 29.6 Å². The molecule has 0 heterocycles. The number of benzene rings is 1. The highest BCUT2D eigenvalue weighted by molar-refractivity contribution is 5.36. The summed E-state index contributed by atoms with van der Waals surface area (Å²) in [6, 6.07) is 4.35. The number of rotatable bonds is 7. The topological polar surface area (TPSA) is 38.5 Å². The molecular weight excluding hydrogens is 231 g/mol. The fourth-order valence-corrected chi connectivity index (χ4v) is 1.83. The van der Waals surface area contributed by atoms with Crippen molar-refractivity contribution in [2.75, 3.05) is 26.2 Å². The van der Waals surface area contributed by atoms with E-state index >= 15 is 0 Å². The number of halogens is 1. The molecular formula is C14H23FN2O. The predicted molar refractivity (Wildman–Crippen MR) is 72.3 cm³/mol. The lowest BCUT2D eigenvalue weighted by molar-refractivity contribution is 0.220. The van der Waals surface area contributed by atoms with E-state index in [0.29, 0.717) is 12.4 Å². The van der Waals surface area contributed by atoms with Gasteiger partial charge in [0.05, 0.1) is 0 Å². The van der Waals surface area contributed by atoms with Crippen LogP contribution >= 0.6 is 0 Å². The number of likely N-dealkylation sites (N-methyl/N-ethyl adjacent to an activating group) is 1. The van der Waals surface area contributed by atoms with Gasteiger partial charge in [0.25, 0.3) is 0 Å². The second-order valence-corrected chi connectivity index (χ2v) is 4.35. The molecule has 0 aromatic heterocycles. The number of hydrogen-bond acceptors (Lipinski definition) is 3. The summed E-state index contributed by atoms with van der Waals surface area (Å²) < 4.78 is 18.8. The van der Waals surface area contributed by atoms with Crippen LogP contribution in [0.1, 0.15) is 32.4 Å². The summed E-state index contributed by atoms with van der Waals surface area (Å²) >= 11 is 0. The molecule has 1 atom stereocenters. The van der Waals surface area contributed by atoms with Gasteiger partial charge in [0.2, 0.25) is 0 Å². The van der Waals surface area contributed by atoms with Gasteiger partial charge in [-0.1, -0.05) is 19.9 Å². The molecule has 0 amide bonds. The highest BCUT2D eigenvalue weighted by Crippen LogP contribution is 2.24. The molecule has 4 heteroatoms. The minimum absolute atomic E-state index is 0.158. The summed E-state index contributed by atoms with van der Waals surface area (Å²) in [4.78, 5) is 2.25. The van der Waals surface area contributed by atoms with Crippen LogP contribution in [0.2, 0.25) is 0 Å². The Morgan fingerprint density at radius 1 is 1.33 bits per heavy atom. The van der Waals surface area contributed by atoms with E-state index < -0.39 is 0 Å². The zero-order valence-electron chi connectivity index (χ0n) is 11.4. The number of nitrogens with zero attached hydrogens (tertiary/aromatic N) is 1. The average Bonchev–Trinajstić information content (AvgIpc) is 2.34. The van der Waals surface area contributed by atoms with Gasteiger partial charge in [0, 0.05) is 24.2 Å². The van der Waals surface area contributed by atoms with Crippen molar-refractivity contribution in [3.8, 4) is 5.75 Å². The number of ether oxygens (including phenoxy) is 1. The molecule has 0 unspecified atom stereocenters. The van der Waals surface area contributed by atoms with Crippen molar-refractivity contribution in [3.63, 3.8) is 0 Å². The largest absolute Gasteiger partial charge is 0.492 e. The van der Waals surface area contributed by atoms with Gasteiger partial charge in [0.15, 0.2) is 0 Å². The Labute approximate surface area is 109 Å². The van der Waals surface area contributed by atoms with E-state index in [4.69, 9.17) is 10.5 Å². The average molecular weight is 254 g/mol. The molecule has 0 saturated carbocycles. The van der Waals surface area contributed by atoms with Crippen LogP contribution in [0.4, 0.5) is 4.39 Å². The molecule has 0 spiro atoms. The normalized spacial score (nSPS) is 12.8. The first-order valence-corrected chi connectivity index (χ1v) is 6.48. The van der Waals surface area contributed by atoms with Crippen molar-refractivity contribution in [1.29, 1.82) is 0 Å². The SMILES string of the molecule is CCN(CC)CCOc1cc(F)ccc1[C@H](C)N. The summed E-state index contributed by atoms with van der Waals surface area (Å²) in [7, 11) is 0. The molecule has 3 nitrogen and oxygen atoms in total. The van der Waals surface area contributed by atoms with E-state index in [1.54, 1.807) is 6.07 Å². The molecule has 1 aromatic rings. The van der Waals surface area contributed by atoms with Gasteiger partial charge >= 0.3 is 0 Å². The lowest BCUT2D eigenvalue weighted by atomic mass is 10.1. The van der Waals surface area contributed by atoms with Crippen LogP contribution in [0.5, 0.6) is 5.75 Å². The van der Waals surface area contributed by atoms with E-state index in [0.717, 1.165) is 25.2 Å². The maximum absolute atomic E-state index is 13.2. The first kappa shape index (κ1) is 14.9. The molecule has 0 aliphatic rings. The van der Waals surface area contributed by atoms with Gasteiger partial charge in [-0.15, -0.1) is 0 Å². The maximum atomic E-state index is 13.2. The van der Waals surface area contributed by atoms with E-state index in [1.807, 2.05) is 6.92 Å². The van der Waals surface area contributed by atoms with Gasteiger partial charge in [-0.05, 0) is 26.1 Å². The third-order valence-electron chi connectivity index (χ3n) is 3.03. The van der Waals surface area contributed by atoms with E-state index in [-0.39, 0.29) is 11.9 Å². The Kier molecular flexibility index (Phi) is 6.09. The standard InChI is InChI=1S/C14H23FN2O/c1-4-17(5-2)8-9-18-14-10-12(15)6-7-13(14)11(3)16/h6-7,10-11H,4-5,8-9,16H2,1-3H3/t11-/m0/s1. The fourth-order valence-electron chi connectivity index (χ4n) is 1.83. The quantitative estimate of drug-likeness (QED) is 0.812. The summed E-state index contributed by atoms with van der Waals surface area (Å²) in [6.07, 6.45) is 0. The zero-order chi connectivity index (χ0) is 13.5. The van der Waals surface area contributed by atoms with Crippen LogP contribution in [0.15, 0.2) is 18.2 Å². The molecule has 0 saturated heterocycles. The highest BCUT2D eigenvalue weighted by atomic mass is 19.1. The fraction of sp³-hybridized carbons (Fsp3) is 0.571. The van der Waals surface area contributed by atoms with E-state index in [2.05, 4.69) is 18.7 Å². The molecule has 102 valence electrons. The Bertz CT molecular complexity index is 365. The zero-order valence-corrected chi connectivity index (χ0v) is 11.4. The van der Waals surface area contributed by atoms with Crippen LogP contribution in [0.3, 0.4) is 0 Å².